The van der Waals surface area contributed by atoms with Gasteiger partial charge in [-0.3, -0.25) is 14.5 Å². The Balaban J connectivity index is 1.26. The fourth-order valence-electron chi connectivity index (χ4n) is 4.98. The van der Waals surface area contributed by atoms with Gasteiger partial charge in [0, 0.05) is 19.0 Å². The normalized spacial score (nSPS) is 26.8. The molecule has 3 fully saturated rings. The molecule has 0 bridgehead atoms. The average molecular weight is 479 g/mol. The summed E-state index contributed by atoms with van der Waals surface area (Å²) in [6.45, 7) is 2.75. The molecule has 0 aromatic carbocycles. The van der Waals surface area contributed by atoms with Gasteiger partial charge in [-0.2, -0.15) is 0 Å². The number of nitrogens with two attached hydrogens (primary N) is 1. The molecule has 13 heteroatoms. The average Bonchev–Trinajstić information content (AvgIpc) is 3.11. The lowest BCUT2D eigenvalue weighted by atomic mass is 9.90. The fourth-order valence-corrected chi connectivity index (χ4v) is 4.98. The molecule has 34 heavy (non-hydrogen) atoms. The van der Waals surface area contributed by atoms with E-state index in [0.717, 1.165) is 16.9 Å². The minimum Gasteiger partial charge on any atom is -0.381 e. The Morgan fingerprint density at radius 2 is 1.97 bits per heavy atom. The summed E-state index contributed by atoms with van der Waals surface area (Å²) >= 11 is 0. The molecule has 0 radical (unpaired) electrons. The van der Waals surface area contributed by atoms with Crippen molar-refractivity contribution >= 4 is 23.3 Å². The Kier molecular flexibility index (Phi) is 6.32. The highest BCUT2D eigenvalue weighted by Crippen LogP contribution is 2.25. The van der Waals surface area contributed by atoms with Crippen molar-refractivity contribution in [2.75, 3.05) is 45.1 Å². The van der Waals surface area contributed by atoms with E-state index >= 15 is 4.39 Å². The molecule has 5 N–H and O–H groups in total. The van der Waals surface area contributed by atoms with E-state index in [4.69, 9.17) is 10.5 Å². The molecule has 2 aromatic rings. The molecule has 3 aliphatic heterocycles. The molecule has 3 saturated heterocycles. The maximum atomic E-state index is 15.1. The number of alkyl halides is 1. The minimum absolute atomic E-state index is 0.0207. The lowest BCUT2D eigenvalue weighted by Gasteiger charge is -2.45. The van der Waals surface area contributed by atoms with Crippen LogP contribution in [0.25, 0.3) is 5.65 Å². The van der Waals surface area contributed by atoms with Crippen molar-refractivity contribution in [3.8, 4) is 0 Å². The summed E-state index contributed by atoms with van der Waals surface area (Å²) in [6, 6.07) is -1.01. The summed E-state index contributed by atoms with van der Waals surface area (Å²) in [7, 11) is 0. The Morgan fingerprint density at radius 1 is 1.21 bits per heavy atom. The van der Waals surface area contributed by atoms with Crippen molar-refractivity contribution in [3.63, 3.8) is 0 Å². The van der Waals surface area contributed by atoms with Crippen LogP contribution in [-0.2, 0) is 9.53 Å². The van der Waals surface area contributed by atoms with E-state index in [1.165, 1.54) is 0 Å². The number of amides is 2. The molecule has 3 unspecified atom stereocenters. The number of nitrogen functional groups attached to an aromatic ring is 1. The first-order valence-corrected chi connectivity index (χ1v) is 11.5. The Bertz CT molecular complexity index is 1070. The zero-order valence-electron chi connectivity index (χ0n) is 18.5. The summed E-state index contributed by atoms with van der Waals surface area (Å²) in [4.78, 5) is 31.5. The summed E-state index contributed by atoms with van der Waals surface area (Å²) in [5, 5.41) is 12.8. The number of halogens is 2. The van der Waals surface area contributed by atoms with Crippen molar-refractivity contribution in [1.82, 2.24) is 35.4 Å². The van der Waals surface area contributed by atoms with E-state index in [1.54, 1.807) is 0 Å². The molecule has 11 nitrogen and oxygen atoms in total. The second-order valence-electron chi connectivity index (χ2n) is 9.10. The molecule has 2 aromatic heterocycles. The zero-order chi connectivity index (χ0) is 23.8. The number of rotatable bonds is 5. The van der Waals surface area contributed by atoms with Crippen molar-refractivity contribution in [1.29, 1.82) is 0 Å². The molecule has 0 aliphatic carbocycles. The van der Waals surface area contributed by atoms with Gasteiger partial charge in [0.1, 0.15) is 11.7 Å². The number of carbonyl (C=O) groups is 2. The first-order chi connectivity index (χ1) is 16.4. The lowest BCUT2D eigenvalue weighted by molar-refractivity contribution is -0.131. The van der Waals surface area contributed by atoms with Gasteiger partial charge in [0.15, 0.2) is 17.3 Å². The van der Waals surface area contributed by atoms with Crippen LogP contribution in [0.15, 0.2) is 12.4 Å². The number of hydrogen-bond acceptors (Lipinski definition) is 8. The fraction of sp³-hybridized carbons (Fsp3) is 0.619. The van der Waals surface area contributed by atoms with Crippen LogP contribution in [0.5, 0.6) is 0 Å². The molecule has 2 amide bonds. The minimum atomic E-state index is -1.20. The van der Waals surface area contributed by atoms with E-state index in [2.05, 4.69) is 26.0 Å². The maximum absolute atomic E-state index is 15.1. The monoisotopic (exact) mass is 478 g/mol. The number of likely N-dealkylation sites (tertiary alicyclic amines) is 1. The Hall–Kier alpha value is -2.90. The van der Waals surface area contributed by atoms with Crippen LogP contribution < -0.4 is 21.7 Å². The highest BCUT2D eigenvalue weighted by molar-refractivity contribution is 6.04. The number of nitrogens with one attached hydrogen (secondary N) is 3. The van der Waals surface area contributed by atoms with Crippen LogP contribution in [0.4, 0.5) is 14.6 Å². The summed E-state index contributed by atoms with van der Waals surface area (Å²) in [5.41, 5.74) is 6.05. The first-order valence-electron chi connectivity index (χ1n) is 11.5. The summed E-state index contributed by atoms with van der Waals surface area (Å²) in [6.07, 6.45) is 2.09. The van der Waals surface area contributed by atoms with Gasteiger partial charge in [0.05, 0.1) is 43.7 Å². The SMILES string of the molecule is Nc1nn2cc(F)cnc2c1C(=O)NC1CNCC(F)C1N1CCC(C(=O)NC2COC2)CC1. The molecule has 3 atom stereocenters. The van der Waals surface area contributed by atoms with Gasteiger partial charge in [-0.25, -0.2) is 18.3 Å². The van der Waals surface area contributed by atoms with Gasteiger partial charge in [-0.05, 0) is 25.9 Å². The number of ether oxygens (including phenoxy) is 1. The summed E-state index contributed by atoms with van der Waals surface area (Å²) in [5.74, 6) is -1.34. The molecule has 5 rings (SSSR count). The second kappa shape index (κ2) is 9.39. The Morgan fingerprint density at radius 3 is 2.68 bits per heavy atom. The van der Waals surface area contributed by atoms with Gasteiger partial charge in [0.2, 0.25) is 5.91 Å². The molecular weight excluding hydrogens is 450 g/mol. The van der Waals surface area contributed by atoms with Crippen LogP contribution in [0.3, 0.4) is 0 Å². The topological polar surface area (TPSA) is 139 Å². The zero-order valence-corrected chi connectivity index (χ0v) is 18.5. The first kappa shape index (κ1) is 22.9. The molecule has 3 aliphatic rings. The number of nitrogens with zero attached hydrogens (tertiary/aromatic N) is 4. The van der Waals surface area contributed by atoms with E-state index in [-0.39, 0.29) is 41.4 Å². The number of anilines is 1. The van der Waals surface area contributed by atoms with Crippen molar-refractivity contribution < 1.29 is 23.1 Å². The van der Waals surface area contributed by atoms with E-state index in [9.17, 15) is 14.0 Å². The van der Waals surface area contributed by atoms with Crippen LogP contribution >= 0.6 is 0 Å². The van der Waals surface area contributed by atoms with Crippen LogP contribution in [0, 0.1) is 11.7 Å². The third-order valence-corrected chi connectivity index (χ3v) is 6.80. The molecule has 0 saturated carbocycles. The highest BCUT2D eigenvalue weighted by Gasteiger charge is 2.41. The van der Waals surface area contributed by atoms with Crippen LogP contribution in [0.2, 0.25) is 0 Å². The maximum Gasteiger partial charge on any atom is 0.259 e. The van der Waals surface area contributed by atoms with Gasteiger partial charge in [0.25, 0.3) is 5.91 Å². The third-order valence-electron chi connectivity index (χ3n) is 6.80. The second-order valence-corrected chi connectivity index (χ2v) is 9.10. The molecular formula is C21H28F2N8O3. The number of carbonyl (C=O) groups excluding carboxylic acids is 2. The molecule has 5 heterocycles. The standard InChI is InChI=1S/C21H28F2N8O3/c22-12-5-26-19-16(18(24)29-31(19)8-12)21(33)28-15-7-25-6-14(23)17(15)30-3-1-11(2-4-30)20(32)27-13-9-34-10-13/h5,8,11,13-15,17,25H,1-4,6-7,9-10H2,(H2,24,29)(H,27,32)(H,28,33). The lowest BCUT2D eigenvalue weighted by Crippen LogP contribution is -2.66. The number of fused-ring (bicyclic) bond motifs is 1. The van der Waals surface area contributed by atoms with E-state index < -0.39 is 30.0 Å². The quantitative estimate of drug-likeness (QED) is 0.433. The van der Waals surface area contributed by atoms with Crippen LogP contribution in [-0.4, -0.2) is 95.0 Å². The summed E-state index contributed by atoms with van der Waals surface area (Å²) < 4.78 is 34.8. The molecule has 184 valence electrons. The van der Waals surface area contributed by atoms with Crippen molar-refractivity contribution in [2.24, 2.45) is 5.92 Å². The van der Waals surface area contributed by atoms with Crippen molar-refractivity contribution in [2.45, 2.75) is 37.1 Å². The number of aromatic nitrogens is 3. The van der Waals surface area contributed by atoms with Crippen molar-refractivity contribution in [3.05, 3.63) is 23.8 Å². The van der Waals surface area contributed by atoms with Gasteiger partial charge >= 0.3 is 0 Å². The predicted octanol–water partition coefficient (Wildman–Crippen LogP) is -0.914. The largest absolute Gasteiger partial charge is 0.381 e. The highest BCUT2D eigenvalue weighted by atomic mass is 19.1. The van der Waals surface area contributed by atoms with E-state index in [0.29, 0.717) is 45.7 Å². The number of piperidine rings is 2. The Labute approximate surface area is 194 Å². The third kappa shape index (κ3) is 4.42. The molecule has 0 spiro atoms. The van der Waals surface area contributed by atoms with Gasteiger partial charge in [-0.15, -0.1) is 5.10 Å². The smallest absolute Gasteiger partial charge is 0.259 e. The van der Waals surface area contributed by atoms with Crippen LogP contribution in [0.1, 0.15) is 23.2 Å². The van der Waals surface area contributed by atoms with Gasteiger partial charge in [-0.1, -0.05) is 0 Å². The predicted molar refractivity (Wildman–Crippen MR) is 117 cm³/mol. The van der Waals surface area contributed by atoms with Gasteiger partial charge < -0.3 is 26.4 Å². The van der Waals surface area contributed by atoms with E-state index in [1.807, 2.05) is 4.90 Å². The number of hydrogen-bond donors (Lipinski definition) is 4.